The van der Waals surface area contributed by atoms with Gasteiger partial charge >= 0.3 is 0 Å². The van der Waals surface area contributed by atoms with Crippen LogP contribution in [0.25, 0.3) is 0 Å². The maximum atomic E-state index is 7.94. The Kier molecular flexibility index (Phi) is 3.07. The van der Waals surface area contributed by atoms with Crippen LogP contribution in [0.2, 0.25) is 0 Å². The maximum absolute atomic E-state index is 7.94. The molecule has 2 heteroatoms. The molecule has 3 aliphatic heterocycles. The summed E-state index contributed by atoms with van der Waals surface area (Å²) in [6, 6.07) is 0.283. The van der Waals surface area contributed by atoms with E-state index in [-0.39, 0.29) is 6.04 Å². The second-order valence-electron chi connectivity index (χ2n) is 6.68. The lowest BCUT2D eigenvalue weighted by molar-refractivity contribution is 0.446. The number of hydrogen-bond donors (Lipinski definition) is 1. The van der Waals surface area contributed by atoms with E-state index in [9.17, 15) is 0 Å². The normalized spacial score (nSPS) is 32.3. The molecule has 0 aromatic heterocycles. The highest BCUT2D eigenvalue weighted by atomic mass is 15.2. The van der Waals surface area contributed by atoms with Crippen LogP contribution < -0.4 is 0 Å². The van der Waals surface area contributed by atoms with Crippen molar-refractivity contribution in [1.82, 2.24) is 4.90 Å². The Morgan fingerprint density at radius 2 is 2.27 bits per heavy atom. The Balaban J connectivity index is 1.91. The van der Waals surface area contributed by atoms with Crippen molar-refractivity contribution in [1.29, 1.82) is 5.41 Å². The number of nitrogens with zero attached hydrogens (tertiary/aromatic N) is 1. The smallest absolute Gasteiger partial charge is 0.0867 e. The molecule has 0 saturated carbocycles. The van der Waals surface area contributed by atoms with Crippen molar-refractivity contribution < 1.29 is 0 Å². The van der Waals surface area contributed by atoms with Crippen molar-refractivity contribution >= 4 is 6.34 Å². The van der Waals surface area contributed by atoms with Gasteiger partial charge in [0.2, 0.25) is 0 Å². The van der Waals surface area contributed by atoms with Gasteiger partial charge in [-0.1, -0.05) is 42.5 Å². The number of nitrogens with one attached hydrogen (secondary N) is 1. The Bertz CT molecular complexity index is 712. The van der Waals surface area contributed by atoms with E-state index >= 15 is 0 Å². The fourth-order valence-corrected chi connectivity index (χ4v) is 4.15. The third-order valence-corrected chi connectivity index (χ3v) is 5.41. The molecule has 5 rings (SSSR count). The van der Waals surface area contributed by atoms with E-state index in [4.69, 9.17) is 5.41 Å². The zero-order valence-corrected chi connectivity index (χ0v) is 13.1. The van der Waals surface area contributed by atoms with Gasteiger partial charge in [-0.05, 0) is 54.9 Å². The molecule has 1 N–H and O–H groups in total. The minimum atomic E-state index is 0.283. The summed E-state index contributed by atoms with van der Waals surface area (Å²) in [5, 5.41) is 7.94. The molecule has 0 spiro atoms. The van der Waals surface area contributed by atoms with Gasteiger partial charge in [0.25, 0.3) is 0 Å². The van der Waals surface area contributed by atoms with Crippen LogP contribution in [0.5, 0.6) is 0 Å². The van der Waals surface area contributed by atoms with E-state index in [1.54, 1.807) is 0 Å². The van der Waals surface area contributed by atoms with Gasteiger partial charge in [-0.2, -0.15) is 0 Å². The molecule has 112 valence electrons. The molecule has 5 aliphatic rings. The van der Waals surface area contributed by atoms with Crippen molar-refractivity contribution in [3.63, 3.8) is 0 Å². The van der Waals surface area contributed by atoms with Crippen LogP contribution in [0.4, 0.5) is 0 Å². The van der Waals surface area contributed by atoms with Gasteiger partial charge in [0.05, 0.1) is 12.4 Å². The van der Waals surface area contributed by atoms with E-state index in [1.165, 1.54) is 39.9 Å². The van der Waals surface area contributed by atoms with Crippen molar-refractivity contribution in [2.75, 3.05) is 0 Å². The summed E-state index contributed by atoms with van der Waals surface area (Å²) < 4.78 is 0. The predicted octanol–water partition coefficient (Wildman–Crippen LogP) is 4.66. The van der Waals surface area contributed by atoms with Gasteiger partial charge in [-0.3, -0.25) is 5.41 Å². The van der Waals surface area contributed by atoms with Crippen molar-refractivity contribution in [2.24, 2.45) is 5.92 Å². The summed E-state index contributed by atoms with van der Waals surface area (Å²) in [4.78, 5) is 2.17. The molecule has 3 heterocycles. The molecule has 2 unspecified atom stereocenters. The molecule has 0 fully saturated rings. The van der Waals surface area contributed by atoms with Gasteiger partial charge in [-0.15, -0.1) is 0 Å². The van der Waals surface area contributed by atoms with Gasteiger partial charge in [0, 0.05) is 11.6 Å². The van der Waals surface area contributed by atoms with Crippen LogP contribution in [-0.2, 0) is 0 Å². The molecule has 2 aliphatic carbocycles. The van der Waals surface area contributed by atoms with Crippen LogP contribution >= 0.6 is 0 Å². The fourth-order valence-electron chi connectivity index (χ4n) is 4.15. The Hall–Kier alpha value is -2.09. The molecule has 0 saturated heterocycles. The highest BCUT2D eigenvalue weighted by Gasteiger charge is 2.36. The largest absolute Gasteiger partial charge is 0.325 e. The van der Waals surface area contributed by atoms with E-state index < -0.39 is 0 Å². The maximum Gasteiger partial charge on any atom is 0.0867 e. The van der Waals surface area contributed by atoms with Crippen molar-refractivity contribution in [3.8, 4) is 0 Å². The van der Waals surface area contributed by atoms with E-state index in [0.29, 0.717) is 5.92 Å². The highest BCUT2D eigenvalue weighted by molar-refractivity contribution is 5.67. The zero-order valence-electron chi connectivity index (χ0n) is 13.1. The monoisotopic (exact) mass is 290 g/mol. The molecular formula is C20H22N2. The Morgan fingerprint density at radius 1 is 1.41 bits per heavy atom. The number of hydrogen-bond acceptors (Lipinski definition) is 1. The molecule has 0 aromatic rings. The van der Waals surface area contributed by atoms with E-state index in [2.05, 4.69) is 48.8 Å². The number of fused-ring (bicyclic) bond motifs is 2. The molecule has 22 heavy (non-hydrogen) atoms. The fraction of sp³-hybridized carbons (Fsp3) is 0.350. The SMILES string of the molecule is C=C1CC2C3=C(C=CCC3)/C(=C/C3CC=C1C=C3C)N2C=N. The first-order valence-electron chi connectivity index (χ1n) is 8.16. The molecule has 0 amide bonds. The average molecular weight is 290 g/mol. The lowest BCUT2D eigenvalue weighted by Gasteiger charge is -2.30. The van der Waals surface area contributed by atoms with Gasteiger partial charge in [0.15, 0.2) is 0 Å². The summed E-state index contributed by atoms with van der Waals surface area (Å²) in [6.45, 7) is 6.57. The lowest BCUT2D eigenvalue weighted by atomic mass is 9.84. The summed E-state index contributed by atoms with van der Waals surface area (Å²) in [7, 11) is 0. The number of allylic oxidation sites excluding steroid dienone is 7. The first kappa shape index (κ1) is 13.6. The second kappa shape index (κ2) is 4.98. The standard InChI is InChI=1S/C20H22N2/c1-13-9-15-7-8-16(13)11-20-18-6-4-3-5-17(18)19(10-14(15)2)22(20)12-21/h4,6-7,9,11-12,16,19,21H,2-3,5,8,10H2,1H3/b20-11-,21-12?. The molecule has 2 nitrogen and oxygen atoms in total. The second-order valence-corrected chi connectivity index (χ2v) is 6.68. The average Bonchev–Trinajstić information content (AvgIpc) is 2.81. The van der Waals surface area contributed by atoms with Gasteiger partial charge < -0.3 is 4.90 Å². The van der Waals surface area contributed by atoms with Crippen molar-refractivity contribution in [2.45, 2.75) is 38.6 Å². The lowest BCUT2D eigenvalue weighted by Crippen LogP contribution is -2.31. The van der Waals surface area contributed by atoms with Crippen LogP contribution in [-0.4, -0.2) is 17.3 Å². The molecular weight excluding hydrogens is 268 g/mol. The number of rotatable bonds is 1. The molecule has 4 bridgehead atoms. The third-order valence-electron chi connectivity index (χ3n) is 5.41. The zero-order chi connectivity index (χ0) is 15.3. The van der Waals surface area contributed by atoms with Crippen LogP contribution in [0, 0.1) is 11.3 Å². The first-order chi connectivity index (χ1) is 10.7. The third kappa shape index (κ3) is 1.90. The van der Waals surface area contributed by atoms with Gasteiger partial charge in [0.1, 0.15) is 0 Å². The Morgan fingerprint density at radius 3 is 3.05 bits per heavy atom. The quantitative estimate of drug-likeness (QED) is 0.552. The summed E-state index contributed by atoms with van der Waals surface area (Å²) in [5.41, 5.74) is 8.00. The molecule has 2 atom stereocenters. The highest BCUT2D eigenvalue weighted by Crippen LogP contribution is 2.44. The van der Waals surface area contributed by atoms with Gasteiger partial charge in [-0.25, -0.2) is 0 Å². The van der Waals surface area contributed by atoms with Crippen LogP contribution in [0.1, 0.15) is 32.6 Å². The minimum absolute atomic E-state index is 0.283. The minimum Gasteiger partial charge on any atom is -0.325 e. The van der Waals surface area contributed by atoms with E-state index in [1.807, 2.05) is 0 Å². The van der Waals surface area contributed by atoms with Crippen LogP contribution in [0.15, 0.2) is 70.5 Å². The van der Waals surface area contributed by atoms with E-state index in [0.717, 1.165) is 25.7 Å². The topological polar surface area (TPSA) is 27.1 Å². The van der Waals surface area contributed by atoms with Crippen molar-refractivity contribution in [3.05, 3.63) is 70.5 Å². The molecule has 0 radical (unpaired) electrons. The summed E-state index contributed by atoms with van der Waals surface area (Å²) >= 11 is 0. The first-order valence-corrected chi connectivity index (χ1v) is 8.16. The summed E-state index contributed by atoms with van der Waals surface area (Å²) in [5.74, 6) is 0.440. The summed E-state index contributed by atoms with van der Waals surface area (Å²) in [6.07, 6.45) is 17.3. The Labute approximate surface area is 132 Å². The molecule has 0 aromatic carbocycles. The predicted molar refractivity (Wildman–Crippen MR) is 91.6 cm³/mol. The van der Waals surface area contributed by atoms with Crippen LogP contribution in [0.3, 0.4) is 0 Å².